The second-order valence-electron chi connectivity index (χ2n) is 5.33. The van der Waals surface area contributed by atoms with Crippen LogP contribution >= 0.6 is 0 Å². The van der Waals surface area contributed by atoms with E-state index in [0.717, 1.165) is 19.1 Å². The van der Waals surface area contributed by atoms with Gasteiger partial charge in [0.05, 0.1) is 6.61 Å². The Kier molecular flexibility index (Phi) is 6.32. The van der Waals surface area contributed by atoms with E-state index in [1.54, 1.807) is 7.11 Å². The van der Waals surface area contributed by atoms with Crippen LogP contribution in [0.5, 0.6) is 0 Å². The largest absolute Gasteiger partial charge is 0.383 e. The van der Waals surface area contributed by atoms with Crippen molar-refractivity contribution in [1.29, 1.82) is 0 Å². The molecule has 0 aromatic rings. The molecule has 0 aromatic carbocycles. The van der Waals surface area contributed by atoms with Crippen LogP contribution in [0.25, 0.3) is 0 Å². The molecule has 0 radical (unpaired) electrons. The van der Waals surface area contributed by atoms with Crippen molar-refractivity contribution in [2.45, 2.75) is 45.7 Å². The molecule has 1 saturated heterocycles. The first-order valence-corrected chi connectivity index (χ1v) is 6.59. The SMILES string of the molecule is COCCN(CC1CCNC(C)C1)C(C)C. The molecule has 0 spiro atoms. The van der Waals surface area contributed by atoms with E-state index in [-0.39, 0.29) is 0 Å². The lowest BCUT2D eigenvalue weighted by Crippen LogP contribution is -2.43. The van der Waals surface area contributed by atoms with Crippen molar-refractivity contribution < 1.29 is 4.74 Å². The molecule has 0 saturated carbocycles. The topological polar surface area (TPSA) is 24.5 Å². The number of nitrogens with zero attached hydrogens (tertiary/aromatic N) is 1. The van der Waals surface area contributed by atoms with Gasteiger partial charge in [-0.2, -0.15) is 0 Å². The van der Waals surface area contributed by atoms with Gasteiger partial charge in [-0.3, -0.25) is 4.90 Å². The van der Waals surface area contributed by atoms with E-state index in [1.165, 1.54) is 25.9 Å². The van der Waals surface area contributed by atoms with Gasteiger partial charge in [0.1, 0.15) is 0 Å². The Morgan fingerprint density at radius 2 is 2.19 bits per heavy atom. The van der Waals surface area contributed by atoms with Crippen molar-refractivity contribution in [3.8, 4) is 0 Å². The van der Waals surface area contributed by atoms with Crippen molar-refractivity contribution in [2.75, 3.05) is 33.4 Å². The molecule has 1 aliphatic heterocycles. The van der Waals surface area contributed by atoms with Crippen LogP contribution in [0.4, 0.5) is 0 Å². The maximum absolute atomic E-state index is 5.18. The predicted octanol–water partition coefficient (Wildman–Crippen LogP) is 1.73. The lowest BCUT2D eigenvalue weighted by molar-refractivity contribution is 0.107. The Morgan fingerprint density at radius 1 is 1.44 bits per heavy atom. The van der Waals surface area contributed by atoms with E-state index in [4.69, 9.17) is 4.74 Å². The molecular weight excluding hydrogens is 200 g/mol. The molecule has 3 heteroatoms. The number of rotatable bonds is 6. The number of piperidine rings is 1. The Balaban J connectivity index is 2.34. The van der Waals surface area contributed by atoms with E-state index < -0.39 is 0 Å². The van der Waals surface area contributed by atoms with Gasteiger partial charge in [-0.15, -0.1) is 0 Å². The van der Waals surface area contributed by atoms with Gasteiger partial charge < -0.3 is 10.1 Å². The Hall–Kier alpha value is -0.120. The third-order valence-corrected chi connectivity index (χ3v) is 3.54. The van der Waals surface area contributed by atoms with Crippen LogP contribution < -0.4 is 5.32 Å². The van der Waals surface area contributed by atoms with Crippen molar-refractivity contribution in [3.63, 3.8) is 0 Å². The van der Waals surface area contributed by atoms with Crippen LogP contribution in [0.3, 0.4) is 0 Å². The van der Waals surface area contributed by atoms with Crippen molar-refractivity contribution in [3.05, 3.63) is 0 Å². The molecule has 0 aromatic heterocycles. The summed E-state index contributed by atoms with van der Waals surface area (Å²) >= 11 is 0. The zero-order valence-corrected chi connectivity index (χ0v) is 11.3. The van der Waals surface area contributed by atoms with Crippen molar-refractivity contribution >= 4 is 0 Å². The van der Waals surface area contributed by atoms with Gasteiger partial charge >= 0.3 is 0 Å². The molecule has 96 valence electrons. The average molecular weight is 228 g/mol. The zero-order valence-electron chi connectivity index (χ0n) is 11.3. The fourth-order valence-electron chi connectivity index (χ4n) is 2.50. The Morgan fingerprint density at radius 3 is 2.75 bits per heavy atom. The second kappa shape index (κ2) is 7.25. The molecule has 1 fully saturated rings. The van der Waals surface area contributed by atoms with Crippen LogP contribution in [-0.2, 0) is 4.74 Å². The predicted molar refractivity (Wildman–Crippen MR) is 68.8 cm³/mol. The summed E-state index contributed by atoms with van der Waals surface area (Å²) in [6.45, 7) is 11.2. The maximum atomic E-state index is 5.18. The fraction of sp³-hybridized carbons (Fsp3) is 1.00. The van der Waals surface area contributed by atoms with E-state index >= 15 is 0 Å². The van der Waals surface area contributed by atoms with Gasteiger partial charge in [-0.05, 0) is 46.1 Å². The molecule has 1 heterocycles. The van der Waals surface area contributed by atoms with Crippen LogP contribution in [0.2, 0.25) is 0 Å². The molecule has 16 heavy (non-hydrogen) atoms. The van der Waals surface area contributed by atoms with Crippen LogP contribution in [0, 0.1) is 5.92 Å². The van der Waals surface area contributed by atoms with Crippen molar-refractivity contribution in [1.82, 2.24) is 10.2 Å². The molecule has 1 N–H and O–H groups in total. The number of hydrogen-bond acceptors (Lipinski definition) is 3. The molecule has 1 rings (SSSR count). The minimum Gasteiger partial charge on any atom is -0.383 e. The van der Waals surface area contributed by atoms with Crippen LogP contribution in [-0.4, -0.2) is 50.3 Å². The highest BCUT2D eigenvalue weighted by atomic mass is 16.5. The Labute approximate surface area is 101 Å². The first-order chi connectivity index (χ1) is 7.63. The van der Waals surface area contributed by atoms with Gasteiger partial charge in [0.2, 0.25) is 0 Å². The number of hydrogen-bond donors (Lipinski definition) is 1. The van der Waals surface area contributed by atoms with Crippen LogP contribution in [0.1, 0.15) is 33.6 Å². The minimum atomic E-state index is 0.625. The maximum Gasteiger partial charge on any atom is 0.0589 e. The molecule has 3 nitrogen and oxygen atoms in total. The highest BCUT2D eigenvalue weighted by molar-refractivity contribution is 4.78. The van der Waals surface area contributed by atoms with Gasteiger partial charge in [-0.25, -0.2) is 0 Å². The van der Waals surface area contributed by atoms with Gasteiger partial charge in [0.15, 0.2) is 0 Å². The number of nitrogens with one attached hydrogen (secondary N) is 1. The first kappa shape index (κ1) is 13.9. The van der Waals surface area contributed by atoms with Gasteiger partial charge in [0.25, 0.3) is 0 Å². The summed E-state index contributed by atoms with van der Waals surface area (Å²) in [5.41, 5.74) is 0. The molecule has 0 aliphatic carbocycles. The average Bonchev–Trinajstić information content (AvgIpc) is 2.24. The molecule has 0 amide bonds. The van der Waals surface area contributed by atoms with Crippen molar-refractivity contribution in [2.24, 2.45) is 5.92 Å². The van der Waals surface area contributed by atoms with E-state index in [9.17, 15) is 0 Å². The van der Waals surface area contributed by atoms with E-state index in [0.29, 0.717) is 12.1 Å². The van der Waals surface area contributed by atoms with Gasteiger partial charge in [0, 0.05) is 32.3 Å². The first-order valence-electron chi connectivity index (χ1n) is 6.59. The molecule has 2 atom stereocenters. The smallest absolute Gasteiger partial charge is 0.0589 e. The quantitative estimate of drug-likeness (QED) is 0.749. The third-order valence-electron chi connectivity index (χ3n) is 3.54. The van der Waals surface area contributed by atoms with E-state index in [2.05, 4.69) is 31.0 Å². The molecule has 2 unspecified atom stereocenters. The molecule has 0 bridgehead atoms. The van der Waals surface area contributed by atoms with Gasteiger partial charge in [-0.1, -0.05) is 0 Å². The summed E-state index contributed by atoms with van der Waals surface area (Å²) < 4.78 is 5.18. The fourth-order valence-corrected chi connectivity index (χ4v) is 2.50. The normalized spacial score (nSPS) is 26.6. The van der Waals surface area contributed by atoms with Crippen LogP contribution in [0.15, 0.2) is 0 Å². The third kappa shape index (κ3) is 4.81. The summed E-state index contributed by atoms with van der Waals surface area (Å²) in [7, 11) is 1.78. The highest BCUT2D eigenvalue weighted by Gasteiger charge is 2.21. The molecular formula is C13H28N2O. The monoisotopic (exact) mass is 228 g/mol. The van der Waals surface area contributed by atoms with E-state index in [1.807, 2.05) is 0 Å². The Bertz CT molecular complexity index is 185. The summed E-state index contributed by atoms with van der Waals surface area (Å²) in [6, 6.07) is 1.32. The highest BCUT2D eigenvalue weighted by Crippen LogP contribution is 2.18. The zero-order chi connectivity index (χ0) is 12.0. The summed E-state index contributed by atoms with van der Waals surface area (Å²) in [5, 5.41) is 3.51. The lowest BCUT2D eigenvalue weighted by atomic mass is 9.92. The second-order valence-corrected chi connectivity index (χ2v) is 5.33. The summed E-state index contributed by atoms with van der Waals surface area (Å²) in [5.74, 6) is 0.857. The molecule has 1 aliphatic rings. The standard InChI is InChI=1S/C13H28N2O/c1-11(2)15(7-8-16-4)10-13-5-6-14-12(3)9-13/h11-14H,5-10H2,1-4H3. The number of methoxy groups -OCH3 is 1. The lowest BCUT2D eigenvalue weighted by Gasteiger charge is -2.34. The summed E-state index contributed by atoms with van der Waals surface area (Å²) in [6.07, 6.45) is 2.64. The summed E-state index contributed by atoms with van der Waals surface area (Å²) in [4.78, 5) is 2.55. The number of ether oxygens (including phenoxy) is 1. The minimum absolute atomic E-state index is 0.625.